The van der Waals surface area contributed by atoms with Gasteiger partial charge in [-0.1, -0.05) is 41.5 Å². The quantitative estimate of drug-likeness (QED) is 0.654. The van der Waals surface area contributed by atoms with E-state index in [4.69, 9.17) is 4.74 Å². The van der Waals surface area contributed by atoms with Crippen LogP contribution in [0, 0.1) is 10.8 Å². The van der Waals surface area contributed by atoms with Gasteiger partial charge in [-0.15, -0.1) is 0 Å². The molecule has 0 bridgehead atoms. The summed E-state index contributed by atoms with van der Waals surface area (Å²) in [5.74, 6) is 0. The van der Waals surface area contributed by atoms with Crippen LogP contribution in [0.4, 0.5) is 0 Å². The van der Waals surface area contributed by atoms with Gasteiger partial charge in [0.2, 0.25) is 0 Å². The molecule has 1 unspecified atom stereocenters. The molecule has 0 rings (SSSR count). The lowest BCUT2D eigenvalue weighted by molar-refractivity contribution is -0.0496. The van der Waals surface area contributed by atoms with E-state index < -0.39 is 0 Å². The molecule has 0 fully saturated rings. The van der Waals surface area contributed by atoms with E-state index in [2.05, 4.69) is 46.9 Å². The molecule has 0 aromatic rings. The van der Waals surface area contributed by atoms with Gasteiger partial charge in [0.25, 0.3) is 0 Å². The van der Waals surface area contributed by atoms with Crippen LogP contribution in [-0.2, 0) is 4.74 Å². The monoisotopic (exact) mass is 243 g/mol. The summed E-state index contributed by atoms with van der Waals surface area (Å²) in [6.07, 6.45) is 3.76. The van der Waals surface area contributed by atoms with Crippen LogP contribution in [-0.4, -0.2) is 26.3 Å². The van der Waals surface area contributed by atoms with E-state index in [9.17, 15) is 0 Å². The van der Waals surface area contributed by atoms with E-state index in [0.29, 0.717) is 11.5 Å². The maximum Gasteiger partial charge on any atom is 0.0630 e. The number of rotatable bonds is 8. The number of ether oxygens (including phenoxy) is 1. The van der Waals surface area contributed by atoms with Gasteiger partial charge in [-0.3, -0.25) is 0 Å². The Labute approximate surface area is 109 Å². The highest BCUT2D eigenvalue weighted by Crippen LogP contribution is 2.35. The molecule has 2 nitrogen and oxygen atoms in total. The van der Waals surface area contributed by atoms with Crippen molar-refractivity contribution in [2.45, 2.75) is 66.9 Å². The lowest BCUT2D eigenvalue weighted by Gasteiger charge is -2.37. The average Bonchev–Trinajstić information content (AvgIpc) is 2.21. The molecule has 2 heteroatoms. The molecule has 0 aromatic heterocycles. The largest absolute Gasteiger partial charge is 0.378 e. The van der Waals surface area contributed by atoms with Gasteiger partial charge in [-0.25, -0.2) is 0 Å². The third-order valence-electron chi connectivity index (χ3n) is 3.47. The van der Waals surface area contributed by atoms with Crippen LogP contribution in [0.3, 0.4) is 0 Å². The lowest BCUT2D eigenvalue weighted by Crippen LogP contribution is -2.35. The normalized spacial score (nSPS) is 15.0. The maximum absolute atomic E-state index is 6.14. The number of hydrogen-bond donors (Lipinski definition) is 1. The van der Waals surface area contributed by atoms with Crippen LogP contribution in [0.25, 0.3) is 0 Å². The van der Waals surface area contributed by atoms with E-state index in [1.54, 1.807) is 0 Å². The fourth-order valence-corrected chi connectivity index (χ4v) is 1.82. The Morgan fingerprint density at radius 3 is 2.12 bits per heavy atom. The summed E-state index contributed by atoms with van der Waals surface area (Å²) in [4.78, 5) is 0. The highest BCUT2D eigenvalue weighted by atomic mass is 16.5. The molecule has 1 atom stereocenters. The molecule has 104 valence electrons. The highest BCUT2D eigenvalue weighted by molar-refractivity contribution is 4.82. The summed E-state index contributed by atoms with van der Waals surface area (Å²) in [6, 6.07) is 0. The summed E-state index contributed by atoms with van der Waals surface area (Å²) in [7, 11) is 1.99. The third-order valence-corrected chi connectivity index (χ3v) is 3.47. The summed E-state index contributed by atoms with van der Waals surface area (Å²) < 4.78 is 6.14. The molecule has 0 aliphatic heterocycles. The Balaban J connectivity index is 4.31. The molecule has 17 heavy (non-hydrogen) atoms. The fraction of sp³-hybridized carbons (Fsp3) is 1.00. The molecule has 1 N–H and O–H groups in total. The van der Waals surface area contributed by atoms with E-state index in [1.807, 2.05) is 7.05 Å². The zero-order valence-electron chi connectivity index (χ0n) is 13.0. The van der Waals surface area contributed by atoms with Crippen LogP contribution in [0.2, 0.25) is 0 Å². The molecule has 0 heterocycles. The Morgan fingerprint density at radius 2 is 1.71 bits per heavy atom. The predicted octanol–water partition coefficient (Wildman–Crippen LogP) is 3.85. The summed E-state index contributed by atoms with van der Waals surface area (Å²) in [5, 5.41) is 3.16. The fourth-order valence-electron chi connectivity index (χ4n) is 1.82. The van der Waals surface area contributed by atoms with Crippen molar-refractivity contribution in [1.82, 2.24) is 5.32 Å². The van der Waals surface area contributed by atoms with Crippen molar-refractivity contribution < 1.29 is 4.74 Å². The van der Waals surface area contributed by atoms with Gasteiger partial charge < -0.3 is 10.1 Å². The first-order valence-corrected chi connectivity index (χ1v) is 6.99. The molecular weight excluding hydrogens is 210 g/mol. The standard InChI is InChI=1S/C15H33NO/c1-8-15(5,6)13(12-14(2,3)4)17-11-9-10-16-7/h13,16H,8-12H2,1-7H3. The minimum Gasteiger partial charge on any atom is -0.378 e. The van der Waals surface area contributed by atoms with Gasteiger partial charge in [0.1, 0.15) is 0 Å². The van der Waals surface area contributed by atoms with Crippen LogP contribution >= 0.6 is 0 Å². The molecule has 0 amide bonds. The second-order valence-electron chi connectivity index (χ2n) is 6.92. The molecule has 0 saturated heterocycles. The molecule has 0 aromatic carbocycles. The topological polar surface area (TPSA) is 21.3 Å². The maximum atomic E-state index is 6.14. The second-order valence-corrected chi connectivity index (χ2v) is 6.92. The minimum absolute atomic E-state index is 0.271. The smallest absolute Gasteiger partial charge is 0.0630 e. The first-order valence-electron chi connectivity index (χ1n) is 6.99. The summed E-state index contributed by atoms with van der Waals surface area (Å²) >= 11 is 0. The number of hydrogen-bond acceptors (Lipinski definition) is 2. The van der Waals surface area contributed by atoms with Gasteiger partial charge in [0.05, 0.1) is 6.10 Å². The lowest BCUT2D eigenvalue weighted by atomic mass is 9.76. The molecule has 0 spiro atoms. The van der Waals surface area contributed by atoms with Crippen LogP contribution in [0.15, 0.2) is 0 Å². The summed E-state index contributed by atoms with van der Waals surface area (Å²) in [6.45, 7) is 15.7. The van der Waals surface area contributed by atoms with Crippen molar-refractivity contribution in [2.24, 2.45) is 10.8 Å². The average molecular weight is 243 g/mol. The van der Waals surface area contributed by atoms with Gasteiger partial charge >= 0.3 is 0 Å². The van der Waals surface area contributed by atoms with Crippen LogP contribution in [0.5, 0.6) is 0 Å². The Bertz CT molecular complexity index is 194. The SMILES string of the molecule is CCC(C)(C)C(CC(C)(C)C)OCCCNC. The molecule has 0 saturated carbocycles. The van der Waals surface area contributed by atoms with Crippen molar-refractivity contribution in [3.8, 4) is 0 Å². The zero-order chi connectivity index (χ0) is 13.5. The van der Waals surface area contributed by atoms with Crippen molar-refractivity contribution in [3.05, 3.63) is 0 Å². The van der Waals surface area contributed by atoms with E-state index in [0.717, 1.165) is 26.0 Å². The van der Waals surface area contributed by atoms with Crippen LogP contribution < -0.4 is 5.32 Å². The molecule has 0 aliphatic carbocycles. The highest BCUT2D eigenvalue weighted by Gasteiger charge is 2.31. The molecule has 0 radical (unpaired) electrons. The predicted molar refractivity (Wildman–Crippen MR) is 76.4 cm³/mol. The van der Waals surface area contributed by atoms with E-state index >= 15 is 0 Å². The number of nitrogens with one attached hydrogen (secondary N) is 1. The van der Waals surface area contributed by atoms with Crippen molar-refractivity contribution in [1.29, 1.82) is 0 Å². The van der Waals surface area contributed by atoms with Crippen molar-refractivity contribution in [3.63, 3.8) is 0 Å². The van der Waals surface area contributed by atoms with Crippen molar-refractivity contribution >= 4 is 0 Å². The van der Waals surface area contributed by atoms with E-state index in [1.165, 1.54) is 6.42 Å². The Morgan fingerprint density at radius 1 is 1.12 bits per heavy atom. The van der Waals surface area contributed by atoms with Gasteiger partial charge in [-0.2, -0.15) is 0 Å². The first kappa shape index (κ1) is 16.9. The minimum atomic E-state index is 0.271. The van der Waals surface area contributed by atoms with Gasteiger partial charge in [-0.05, 0) is 43.7 Å². The Hall–Kier alpha value is -0.0800. The first-order chi connectivity index (χ1) is 7.73. The van der Waals surface area contributed by atoms with Crippen LogP contribution in [0.1, 0.15) is 60.8 Å². The Kier molecular flexibility index (Phi) is 7.34. The zero-order valence-corrected chi connectivity index (χ0v) is 13.0. The molecular formula is C15H33NO. The second kappa shape index (κ2) is 7.38. The van der Waals surface area contributed by atoms with Gasteiger partial charge in [0.15, 0.2) is 0 Å². The molecule has 0 aliphatic rings. The van der Waals surface area contributed by atoms with Crippen molar-refractivity contribution in [2.75, 3.05) is 20.2 Å². The van der Waals surface area contributed by atoms with Gasteiger partial charge in [0, 0.05) is 6.61 Å². The third kappa shape index (κ3) is 7.77. The van der Waals surface area contributed by atoms with E-state index in [-0.39, 0.29) is 5.41 Å². The summed E-state index contributed by atoms with van der Waals surface area (Å²) in [5.41, 5.74) is 0.604.